The van der Waals surface area contributed by atoms with Crippen molar-refractivity contribution in [3.8, 4) is 0 Å². The lowest BCUT2D eigenvalue weighted by Gasteiger charge is -2.26. The van der Waals surface area contributed by atoms with Crippen molar-refractivity contribution in [2.75, 3.05) is 6.61 Å². The zero-order valence-electron chi connectivity index (χ0n) is 12.7. The van der Waals surface area contributed by atoms with E-state index in [4.69, 9.17) is 4.43 Å². The van der Waals surface area contributed by atoms with Crippen LogP contribution in [0.25, 0.3) is 12.2 Å². The summed E-state index contributed by atoms with van der Waals surface area (Å²) in [5.41, 5.74) is 6.43. The predicted octanol–water partition coefficient (Wildman–Crippen LogP) is 4.71. The number of allylic oxidation sites excluding steroid dienone is 2. The third-order valence-electron chi connectivity index (χ3n) is 4.52. The molecule has 0 spiro atoms. The first-order valence-corrected chi connectivity index (χ1v) is 9.48. The van der Waals surface area contributed by atoms with Gasteiger partial charge in [0.05, 0.1) is 0 Å². The molecule has 0 bridgehead atoms. The Labute approximate surface area is 133 Å². The molecule has 0 aromatic heterocycles. The lowest BCUT2D eigenvalue weighted by molar-refractivity contribution is 0.334. The smallest absolute Gasteiger partial charge is 0.234 e. The Hall–Kier alpha value is -1.90. The minimum atomic E-state index is -1.05. The van der Waals surface area contributed by atoms with Gasteiger partial charge < -0.3 is 4.43 Å². The van der Waals surface area contributed by atoms with Gasteiger partial charge in [0, 0.05) is 17.7 Å². The van der Waals surface area contributed by atoms with Crippen LogP contribution in [0, 0.1) is 0 Å². The molecule has 0 aliphatic heterocycles. The lowest BCUT2D eigenvalue weighted by atomic mass is 10.1. The van der Waals surface area contributed by atoms with Crippen LogP contribution >= 0.6 is 0 Å². The molecule has 0 saturated carbocycles. The van der Waals surface area contributed by atoms with E-state index >= 15 is 0 Å². The van der Waals surface area contributed by atoms with Gasteiger partial charge in [0.2, 0.25) is 9.04 Å². The highest BCUT2D eigenvalue weighted by atomic mass is 28.3. The normalized spacial score (nSPS) is 21.4. The fourth-order valence-corrected chi connectivity index (χ4v) is 6.32. The van der Waals surface area contributed by atoms with Gasteiger partial charge in [-0.15, -0.1) is 0 Å². The topological polar surface area (TPSA) is 9.23 Å². The SMILES string of the molecule is CCO[Si](C1C=Cc2ccccc21)C1C=Cc2ccccc21. The van der Waals surface area contributed by atoms with E-state index in [1.165, 1.54) is 22.3 Å². The van der Waals surface area contributed by atoms with Gasteiger partial charge in [-0.1, -0.05) is 72.8 Å². The number of fused-ring (bicyclic) bond motifs is 2. The van der Waals surface area contributed by atoms with Gasteiger partial charge in [0.25, 0.3) is 0 Å². The number of benzene rings is 2. The highest BCUT2D eigenvalue weighted by molar-refractivity contribution is 6.57. The van der Waals surface area contributed by atoms with Crippen LogP contribution in [0.3, 0.4) is 0 Å². The number of hydrogen-bond donors (Lipinski definition) is 0. The minimum absolute atomic E-state index is 0.432. The number of rotatable bonds is 4. The summed E-state index contributed by atoms with van der Waals surface area (Å²) in [5, 5.41) is 0. The van der Waals surface area contributed by atoms with Gasteiger partial charge in [-0.05, 0) is 29.2 Å². The van der Waals surface area contributed by atoms with Crippen LogP contribution < -0.4 is 0 Å². The average Bonchev–Trinajstić information content (AvgIpc) is 3.17. The van der Waals surface area contributed by atoms with Crippen molar-refractivity contribution in [2.45, 2.75) is 18.0 Å². The summed E-state index contributed by atoms with van der Waals surface area (Å²) in [5.74, 6) is 0. The molecule has 0 fully saturated rings. The van der Waals surface area contributed by atoms with E-state index in [0.29, 0.717) is 11.1 Å². The standard InChI is InChI=1S/C20H19OSi/c1-2-21-22(19-13-11-15-7-3-5-9-17(15)19)20-14-12-16-8-4-6-10-18(16)20/h3-14,19-20H,2H2,1H3. The van der Waals surface area contributed by atoms with E-state index < -0.39 is 9.04 Å². The highest BCUT2D eigenvalue weighted by Crippen LogP contribution is 2.41. The van der Waals surface area contributed by atoms with Crippen molar-refractivity contribution in [3.63, 3.8) is 0 Å². The summed E-state index contributed by atoms with van der Waals surface area (Å²) < 4.78 is 6.32. The average molecular weight is 303 g/mol. The predicted molar refractivity (Wildman–Crippen MR) is 93.8 cm³/mol. The summed E-state index contributed by atoms with van der Waals surface area (Å²) in [6.45, 7) is 2.90. The molecule has 0 heterocycles. The Morgan fingerprint density at radius 3 is 1.82 bits per heavy atom. The molecule has 2 aliphatic rings. The molecule has 2 unspecified atom stereocenters. The zero-order chi connectivity index (χ0) is 14.9. The van der Waals surface area contributed by atoms with Gasteiger partial charge in [-0.25, -0.2) is 0 Å². The van der Waals surface area contributed by atoms with E-state index in [9.17, 15) is 0 Å². The molecule has 1 nitrogen and oxygen atoms in total. The molecule has 22 heavy (non-hydrogen) atoms. The molecule has 0 saturated heterocycles. The van der Waals surface area contributed by atoms with Crippen molar-refractivity contribution >= 4 is 21.2 Å². The van der Waals surface area contributed by atoms with Gasteiger partial charge in [0.1, 0.15) is 0 Å². The van der Waals surface area contributed by atoms with Gasteiger partial charge in [-0.3, -0.25) is 0 Å². The fourth-order valence-electron chi connectivity index (χ4n) is 3.53. The van der Waals surface area contributed by atoms with Crippen molar-refractivity contribution in [1.29, 1.82) is 0 Å². The first-order valence-electron chi connectivity index (χ1n) is 7.92. The first-order chi connectivity index (χ1) is 10.9. The molecular formula is C20H19OSi. The van der Waals surface area contributed by atoms with E-state index in [1.807, 2.05) is 0 Å². The first kappa shape index (κ1) is 13.7. The quantitative estimate of drug-likeness (QED) is 0.743. The van der Waals surface area contributed by atoms with Crippen molar-refractivity contribution in [2.24, 2.45) is 0 Å². The summed E-state index contributed by atoms with van der Waals surface area (Å²) in [6.07, 6.45) is 9.22. The molecule has 2 heteroatoms. The molecule has 109 valence electrons. The van der Waals surface area contributed by atoms with E-state index in [-0.39, 0.29) is 0 Å². The molecule has 2 aromatic rings. The Morgan fingerprint density at radius 1 is 0.818 bits per heavy atom. The molecule has 2 aliphatic carbocycles. The Kier molecular flexibility index (Phi) is 3.57. The maximum atomic E-state index is 6.32. The largest absolute Gasteiger partial charge is 0.415 e. The molecule has 1 radical (unpaired) electrons. The second-order valence-electron chi connectivity index (χ2n) is 5.77. The fraction of sp³-hybridized carbons (Fsp3) is 0.200. The third-order valence-corrected chi connectivity index (χ3v) is 7.38. The Balaban J connectivity index is 1.72. The van der Waals surface area contributed by atoms with Gasteiger partial charge in [0.15, 0.2) is 0 Å². The van der Waals surface area contributed by atoms with Crippen molar-refractivity contribution < 1.29 is 4.43 Å². The van der Waals surface area contributed by atoms with E-state index in [2.05, 4.69) is 79.8 Å². The van der Waals surface area contributed by atoms with Crippen LogP contribution in [0.5, 0.6) is 0 Å². The van der Waals surface area contributed by atoms with Gasteiger partial charge in [-0.2, -0.15) is 0 Å². The molecular weight excluding hydrogens is 284 g/mol. The monoisotopic (exact) mass is 303 g/mol. The van der Waals surface area contributed by atoms with Crippen LogP contribution in [-0.4, -0.2) is 15.6 Å². The van der Waals surface area contributed by atoms with Crippen LogP contribution in [-0.2, 0) is 4.43 Å². The van der Waals surface area contributed by atoms with E-state index in [1.54, 1.807) is 0 Å². The highest BCUT2D eigenvalue weighted by Gasteiger charge is 2.37. The molecule has 0 N–H and O–H groups in total. The van der Waals surface area contributed by atoms with Crippen LogP contribution in [0.4, 0.5) is 0 Å². The summed E-state index contributed by atoms with van der Waals surface area (Å²) in [4.78, 5) is 0. The molecule has 4 rings (SSSR count). The lowest BCUT2D eigenvalue weighted by Crippen LogP contribution is -2.32. The second-order valence-corrected chi connectivity index (χ2v) is 8.10. The molecule has 0 amide bonds. The van der Waals surface area contributed by atoms with Crippen molar-refractivity contribution in [1.82, 2.24) is 0 Å². The Morgan fingerprint density at radius 2 is 1.32 bits per heavy atom. The maximum absolute atomic E-state index is 6.32. The summed E-state index contributed by atoms with van der Waals surface area (Å²) in [6, 6.07) is 17.4. The molecule has 2 aromatic carbocycles. The maximum Gasteiger partial charge on any atom is 0.234 e. The summed E-state index contributed by atoms with van der Waals surface area (Å²) >= 11 is 0. The van der Waals surface area contributed by atoms with Gasteiger partial charge >= 0.3 is 0 Å². The third kappa shape index (κ3) is 2.19. The van der Waals surface area contributed by atoms with Crippen LogP contribution in [0.1, 0.15) is 40.3 Å². The zero-order valence-corrected chi connectivity index (χ0v) is 13.7. The van der Waals surface area contributed by atoms with Crippen LogP contribution in [0.15, 0.2) is 60.7 Å². The number of hydrogen-bond acceptors (Lipinski definition) is 1. The van der Waals surface area contributed by atoms with Crippen molar-refractivity contribution in [3.05, 3.63) is 82.9 Å². The second kappa shape index (κ2) is 5.71. The van der Waals surface area contributed by atoms with Crippen LogP contribution in [0.2, 0.25) is 0 Å². The molecule has 2 atom stereocenters. The Bertz CT molecular complexity index is 685. The minimum Gasteiger partial charge on any atom is -0.415 e. The van der Waals surface area contributed by atoms with E-state index in [0.717, 1.165) is 6.61 Å². The summed E-state index contributed by atoms with van der Waals surface area (Å²) in [7, 11) is -1.05.